The number of carbonyl (C=O) groups excluding carboxylic acids is 2. The van der Waals surface area contributed by atoms with E-state index in [2.05, 4.69) is 15.8 Å². The molecule has 0 spiro atoms. The van der Waals surface area contributed by atoms with Gasteiger partial charge < -0.3 is 19.7 Å². The van der Waals surface area contributed by atoms with E-state index in [0.29, 0.717) is 38.6 Å². The number of alkyl carbamates (subject to hydrolysis) is 1. The van der Waals surface area contributed by atoms with Crippen LogP contribution in [0.4, 0.5) is 9.59 Å². The van der Waals surface area contributed by atoms with Crippen LogP contribution in [0.25, 0.3) is 0 Å². The first kappa shape index (κ1) is 20.2. The third-order valence-corrected chi connectivity index (χ3v) is 3.14. The molecule has 1 rings (SSSR count). The zero-order valence-corrected chi connectivity index (χ0v) is 15.3. The molecule has 1 aliphatic rings. The second-order valence-electron chi connectivity index (χ2n) is 7.18. The van der Waals surface area contributed by atoms with Gasteiger partial charge in [-0.2, -0.15) is 5.10 Å². The number of carbonyl (C=O) groups is 2. The Morgan fingerprint density at radius 3 is 2.46 bits per heavy atom. The second kappa shape index (κ2) is 9.46. The first-order valence-corrected chi connectivity index (χ1v) is 8.32. The van der Waals surface area contributed by atoms with Gasteiger partial charge in [-0.25, -0.2) is 15.0 Å². The van der Waals surface area contributed by atoms with Gasteiger partial charge in [0.25, 0.3) is 0 Å². The van der Waals surface area contributed by atoms with Gasteiger partial charge in [0.15, 0.2) is 0 Å². The molecule has 0 radical (unpaired) electrons. The lowest BCUT2D eigenvalue weighted by Crippen LogP contribution is -2.45. The molecule has 3 amide bonds. The van der Waals surface area contributed by atoms with Crippen LogP contribution in [0.2, 0.25) is 0 Å². The predicted molar refractivity (Wildman–Crippen MR) is 92.0 cm³/mol. The third-order valence-electron chi connectivity index (χ3n) is 3.14. The summed E-state index contributed by atoms with van der Waals surface area (Å²) in [5.74, 6) is 0.353. The lowest BCUT2D eigenvalue weighted by molar-refractivity contribution is 0.0515. The maximum Gasteiger partial charge on any atom is 0.408 e. The number of nitrogens with zero attached hydrogens (tertiary/aromatic N) is 2. The zero-order chi connectivity index (χ0) is 18.2. The van der Waals surface area contributed by atoms with E-state index in [1.54, 1.807) is 25.7 Å². The highest BCUT2D eigenvalue weighted by Crippen LogP contribution is 2.08. The van der Waals surface area contributed by atoms with Gasteiger partial charge >= 0.3 is 12.1 Å². The third kappa shape index (κ3) is 8.71. The molecule has 0 aromatic rings. The van der Waals surface area contributed by atoms with Gasteiger partial charge in [0, 0.05) is 19.3 Å². The molecular formula is C16H30N4O4. The highest BCUT2D eigenvalue weighted by Gasteiger charge is 2.20. The lowest BCUT2D eigenvalue weighted by atomic mass is 10.1. The van der Waals surface area contributed by atoms with E-state index in [1.807, 2.05) is 13.8 Å². The van der Waals surface area contributed by atoms with Crippen LogP contribution in [0.1, 0.15) is 41.0 Å². The van der Waals surface area contributed by atoms with Crippen LogP contribution < -0.4 is 10.7 Å². The van der Waals surface area contributed by atoms with Crippen molar-refractivity contribution in [3.63, 3.8) is 0 Å². The molecular weight excluding hydrogens is 313 g/mol. The predicted octanol–water partition coefficient (Wildman–Crippen LogP) is 1.95. The fraction of sp³-hybridized carbons (Fsp3) is 0.812. The first-order chi connectivity index (χ1) is 11.2. The summed E-state index contributed by atoms with van der Waals surface area (Å²) >= 11 is 0. The van der Waals surface area contributed by atoms with E-state index in [-0.39, 0.29) is 12.1 Å². The molecule has 8 nitrogen and oxygen atoms in total. The van der Waals surface area contributed by atoms with Crippen LogP contribution in [-0.4, -0.2) is 61.2 Å². The number of hydrogen-bond donors (Lipinski definition) is 2. The smallest absolute Gasteiger partial charge is 0.408 e. The van der Waals surface area contributed by atoms with Gasteiger partial charge in [0.2, 0.25) is 0 Å². The number of nitrogens with one attached hydrogen (secondary N) is 2. The second-order valence-corrected chi connectivity index (χ2v) is 7.18. The summed E-state index contributed by atoms with van der Waals surface area (Å²) < 4.78 is 10.4. The standard InChI is InChI=1S/C16H30N4O4/c1-12(2)10-13(18-15(22)24-16(3,4)5)11-17-19-14(21)20-6-8-23-9-7-20/h11-13H,6-10H2,1-5H3,(H,18,22)(H,19,21)/b17-11+/t13-/m0/s1/i11+1. The molecule has 138 valence electrons. The Morgan fingerprint density at radius 1 is 1.29 bits per heavy atom. The molecule has 0 aromatic carbocycles. The number of rotatable bonds is 5. The minimum atomic E-state index is -0.561. The fourth-order valence-corrected chi connectivity index (χ4v) is 2.14. The molecule has 8 heteroatoms. The van der Waals surface area contributed by atoms with Crippen molar-refractivity contribution in [1.82, 2.24) is 15.6 Å². The van der Waals surface area contributed by atoms with Crippen molar-refractivity contribution in [2.24, 2.45) is 11.0 Å². The van der Waals surface area contributed by atoms with Gasteiger partial charge in [0.1, 0.15) is 5.60 Å². The molecule has 0 saturated carbocycles. The molecule has 1 aliphatic heterocycles. The Hall–Kier alpha value is -1.83. The monoisotopic (exact) mass is 343 g/mol. The largest absolute Gasteiger partial charge is 0.444 e. The van der Waals surface area contributed by atoms with Crippen molar-refractivity contribution >= 4 is 18.3 Å². The molecule has 0 aliphatic carbocycles. The molecule has 1 atom stereocenters. The topological polar surface area (TPSA) is 92.3 Å². The summed E-state index contributed by atoms with van der Waals surface area (Å²) in [5.41, 5.74) is 1.92. The van der Waals surface area contributed by atoms with Crippen molar-refractivity contribution in [2.75, 3.05) is 26.3 Å². The van der Waals surface area contributed by atoms with E-state index in [0.717, 1.165) is 0 Å². The van der Waals surface area contributed by atoms with Gasteiger partial charge in [-0.05, 0) is 33.1 Å². The number of hydrogen-bond acceptors (Lipinski definition) is 5. The van der Waals surface area contributed by atoms with Crippen LogP contribution >= 0.6 is 0 Å². The van der Waals surface area contributed by atoms with Crippen molar-refractivity contribution in [1.29, 1.82) is 0 Å². The van der Waals surface area contributed by atoms with E-state index >= 15 is 0 Å². The molecule has 2 N–H and O–H groups in total. The molecule has 1 saturated heterocycles. The number of ether oxygens (including phenoxy) is 2. The van der Waals surface area contributed by atoms with Crippen LogP contribution in [0.15, 0.2) is 5.10 Å². The summed E-state index contributed by atoms with van der Waals surface area (Å²) in [6, 6.07) is -0.583. The van der Waals surface area contributed by atoms with E-state index in [9.17, 15) is 9.59 Å². The van der Waals surface area contributed by atoms with E-state index in [4.69, 9.17) is 9.47 Å². The summed E-state index contributed by atoms with van der Waals surface area (Å²) in [4.78, 5) is 25.5. The number of amides is 3. The normalized spacial score (nSPS) is 17.0. The van der Waals surface area contributed by atoms with E-state index in [1.165, 1.54) is 6.21 Å². The summed E-state index contributed by atoms with van der Waals surface area (Å²) in [7, 11) is 0. The summed E-state index contributed by atoms with van der Waals surface area (Å²) in [5, 5.41) is 6.73. The van der Waals surface area contributed by atoms with Crippen molar-refractivity contribution in [2.45, 2.75) is 52.7 Å². The average molecular weight is 343 g/mol. The molecule has 1 heterocycles. The minimum absolute atomic E-state index is 0.268. The summed E-state index contributed by atoms with van der Waals surface area (Å²) in [6.07, 6.45) is 1.72. The molecule has 0 bridgehead atoms. The fourth-order valence-electron chi connectivity index (χ4n) is 2.14. The zero-order valence-electron chi connectivity index (χ0n) is 15.3. The lowest BCUT2D eigenvalue weighted by Gasteiger charge is -2.26. The highest BCUT2D eigenvalue weighted by atomic mass is 16.6. The van der Waals surface area contributed by atoms with Crippen LogP contribution in [0.5, 0.6) is 0 Å². The number of morpholine rings is 1. The van der Waals surface area contributed by atoms with Gasteiger partial charge in [0.05, 0.1) is 19.3 Å². The van der Waals surface area contributed by atoms with Crippen LogP contribution in [0, 0.1) is 5.92 Å². The molecule has 0 aromatic heterocycles. The van der Waals surface area contributed by atoms with Gasteiger partial charge in [-0.1, -0.05) is 13.8 Å². The Bertz CT molecular complexity index is 440. The molecule has 0 unspecified atom stereocenters. The van der Waals surface area contributed by atoms with Crippen molar-refractivity contribution in [3.05, 3.63) is 0 Å². The average Bonchev–Trinajstić information content (AvgIpc) is 2.45. The highest BCUT2D eigenvalue weighted by molar-refractivity contribution is 5.78. The van der Waals surface area contributed by atoms with Crippen LogP contribution in [0.3, 0.4) is 0 Å². The quantitative estimate of drug-likeness (QED) is 0.453. The Kier molecular flexibility index (Phi) is 7.97. The summed E-state index contributed by atoms with van der Waals surface area (Å²) in [6.45, 7) is 11.7. The van der Waals surface area contributed by atoms with Crippen molar-refractivity contribution in [3.8, 4) is 0 Å². The molecule has 24 heavy (non-hydrogen) atoms. The first-order valence-electron chi connectivity index (χ1n) is 8.32. The maximum absolute atomic E-state index is 11.9. The SMILES string of the molecule is CC(C)C[C@@H](/[13CH]=N/NC(=O)N1CCOCC1)NC(=O)OC(C)(C)C. The maximum atomic E-state index is 11.9. The number of urea groups is 1. The van der Waals surface area contributed by atoms with Crippen molar-refractivity contribution < 1.29 is 19.1 Å². The molecule has 1 fully saturated rings. The minimum Gasteiger partial charge on any atom is -0.444 e. The number of hydrazone groups is 1. The van der Waals surface area contributed by atoms with Gasteiger partial charge in [-0.15, -0.1) is 0 Å². The van der Waals surface area contributed by atoms with Crippen LogP contribution in [-0.2, 0) is 9.47 Å². The Morgan fingerprint density at radius 2 is 1.92 bits per heavy atom. The van der Waals surface area contributed by atoms with Gasteiger partial charge in [-0.3, -0.25) is 0 Å². The Labute approximate surface area is 143 Å². The Balaban J connectivity index is 2.51. The van der Waals surface area contributed by atoms with E-state index < -0.39 is 11.7 Å².